The minimum Gasteiger partial charge on any atom is -0.494 e. The van der Waals surface area contributed by atoms with Gasteiger partial charge in [-0.2, -0.15) is 0 Å². The van der Waals surface area contributed by atoms with E-state index in [0.717, 1.165) is 62.3 Å². The van der Waals surface area contributed by atoms with Crippen molar-refractivity contribution in [3.8, 4) is 5.75 Å². The third-order valence-corrected chi connectivity index (χ3v) is 5.42. The monoisotopic (exact) mass is 433 g/mol. The molecule has 0 atom stereocenters. The Morgan fingerprint density at radius 1 is 1.06 bits per heavy atom. The van der Waals surface area contributed by atoms with E-state index < -0.39 is 0 Å². The molecule has 0 unspecified atom stereocenters. The number of para-hydroxylation sites is 2. The highest BCUT2D eigenvalue weighted by Crippen LogP contribution is 2.19. The number of carbonyl (C=O) groups is 1. The lowest BCUT2D eigenvalue weighted by Gasteiger charge is -2.11. The number of amides is 1. The van der Waals surface area contributed by atoms with Crippen LogP contribution in [-0.4, -0.2) is 28.6 Å². The van der Waals surface area contributed by atoms with Gasteiger partial charge in [0.2, 0.25) is 5.91 Å². The van der Waals surface area contributed by atoms with Crippen LogP contribution < -0.4 is 10.1 Å². The van der Waals surface area contributed by atoms with Crippen LogP contribution in [0.25, 0.3) is 11.0 Å². The van der Waals surface area contributed by atoms with Crippen molar-refractivity contribution >= 4 is 16.9 Å². The zero-order valence-electron chi connectivity index (χ0n) is 19.6. The van der Waals surface area contributed by atoms with Crippen molar-refractivity contribution in [2.75, 3.05) is 13.2 Å². The number of allylic oxidation sites excluding steroid dienone is 1. The number of fused-ring (bicyclic) bond motifs is 1. The maximum atomic E-state index is 11.5. The Bertz CT molecular complexity index is 1030. The number of ether oxygens (including phenoxy) is 1. The molecule has 5 heteroatoms. The van der Waals surface area contributed by atoms with E-state index in [-0.39, 0.29) is 5.91 Å². The Labute approximate surface area is 191 Å². The van der Waals surface area contributed by atoms with Crippen LogP contribution in [0.1, 0.15) is 49.6 Å². The molecule has 1 N–H and O–H groups in total. The SMILES string of the molecule is C/C=C/C(=O)NCCCCCc1nc2ccccc2n1CCCOc1cc(C)cc(C)c1. The molecule has 1 aromatic heterocycles. The average molecular weight is 434 g/mol. The normalized spacial score (nSPS) is 11.3. The van der Waals surface area contributed by atoms with E-state index in [1.165, 1.54) is 16.6 Å². The number of hydrogen-bond donors (Lipinski definition) is 1. The lowest BCUT2D eigenvalue weighted by Crippen LogP contribution is -2.21. The highest BCUT2D eigenvalue weighted by atomic mass is 16.5. The van der Waals surface area contributed by atoms with E-state index in [0.29, 0.717) is 6.61 Å². The fourth-order valence-corrected chi connectivity index (χ4v) is 4.00. The maximum absolute atomic E-state index is 11.5. The summed E-state index contributed by atoms with van der Waals surface area (Å²) in [5.41, 5.74) is 4.69. The fraction of sp³-hybridized carbons (Fsp3) is 0.407. The van der Waals surface area contributed by atoms with Gasteiger partial charge < -0.3 is 14.6 Å². The second-order valence-electron chi connectivity index (χ2n) is 8.30. The first-order valence-electron chi connectivity index (χ1n) is 11.6. The molecule has 3 rings (SSSR count). The molecule has 170 valence electrons. The summed E-state index contributed by atoms with van der Waals surface area (Å²) in [6, 6.07) is 14.7. The zero-order chi connectivity index (χ0) is 22.8. The highest BCUT2D eigenvalue weighted by Gasteiger charge is 2.10. The van der Waals surface area contributed by atoms with Crippen molar-refractivity contribution in [3.05, 3.63) is 71.6 Å². The van der Waals surface area contributed by atoms with Crippen LogP contribution in [0.2, 0.25) is 0 Å². The van der Waals surface area contributed by atoms with Gasteiger partial charge in [0.05, 0.1) is 17.6 Å². The number of hydrogen-bond acceptors (Lipinski definition) is 3. The van der Waals surface area contributed by atoms with Crippen molar-refractivity contribution < 1.29 is 9.53 Å². The van der Waals surface area contributed by atoms with Crippen molar-refractivity contribution in [2.45, 2.75) is 59.4 Å². The smallest absolute Gasteiger partial charge is 0.243 e. The number of nitrogens with zero attached hydrogens (tertiary/aromatic N) is 2. The van der Waals surface area contributed by atoms with Gasteiger partial charge in [0.25, 0.3) is 0 Å². The van der Waals surface area contributed by atoms with Crippen LogP contribution in [0, 0.1) is 13.8 Å². The Kier molecular flexibility index (Phi) is 8.90. The van der Waals surface area contributed by atoms with Crippen molar-refractivity contribution in [1.29, 1.82) is 0 Å². The van der Waals surface area contributed by atoms with E-state index >= 15 is 0 Å². The number of rotatable bonds is 12. The summed E-state index contributed by atoms with van der Waals surface area (Å²) in [4.78, 5) is 16.4. The number of carbonyl (C=O) groups excluding carboxylic acids is 1. The van der Waals surface area contributed by atoms with Gasteiger partial charge in [-0.25, -0.2) is 4.98 Å². The standard InChI is InChI=1S/C27H35N3O2/c1-4-11-27(31)28-15-9-5-6-14-26-29-24-12-7-8-13-25(24)30(26)16-10-17-32-23-19-21(2)18-22(3)20-23/h4,7-8,11-13,18-20H,5-6,9-10,14-17H2,1-3H3,(H,28,31)/b11-4+. The Hall–Kier alpha value is -3.08. The van der Waals surface area contributed by atoms with Gasteiger partial charge in [0.1, 0.15) is 11.6 Å². The summed E-state index contributed by atoms with van der Waals surface area (Å²) < 4.78 is 8.35. The molecule has 0 aliphatic carbocycles. The largest absolute Gasteiger partial charge is 0.494 e. The lowest BCUT2D eigenvalue weighted by atomic mass is 10.1. The Morgan fingerprint density at radius 3 is 2.62 bits per heavy atom. The summed E-state index contributed by atoms with van der Waals surface area (Å²) in [5.74, 6) is 2.06. The second-order valence-corrected chi connectivity index (χ2v) is 8.30. The molecule has 32 heavy (non-hydrogen) atoms. The molecule has 0 fully saturated rings. The fourth-order valence-electron chi connectivity index (χ4n) is 4.00. The number of imidazole rings is 1. The molecule has 0 spiro atoms. The molecule has 0 radical (unpaired) electrons. The molecule has 1 heterocycles. The predicted molar refractivity (Wildman–Crippen MR) is 131 cm³/mol. The number of nitrogens with one attached hydrogen (secondary N) is 1. The predicted octanol–water partition coefficient (Wildman–Crippen LogP) is 5.53. The maximum Gasteiger partial charge on any atom is 0.243 e. The van der Waals surface area contributed by atoms with E-state index in [9.17, 15) is 4.79 Å². The van der Waals surface area contributed by atoms with Gasteiger partial charge in [0.15, 0.2) is 0 Å². The topological polar surface area (TPSA) is 56.2 Å². The van der Waals surface area contributed by atoms with E-state index in [1.54, 1.807) is 12.2 Å². The van der Waals surface area contributed by atoms with Crippen LogP contribution in [0.5, 0.6) is 5.75 Å². The summed E-state index contributed by atoms with van der Waals surface area (Å²) in [6.45, 7) is 8.33. The molecule has 3 aromatic rings. The first-order chi connectivity index (χ1) is 15.6. The van der Waals surface area contributed by atoms with E-state index in [1.807, 2.05) is 13.0 Å². The number of unbranched alkanes of at least 4 members (excludes halogenated alkanes) is 2. The molecule has 0 saturated carbocycles. The van der Waals surface area contributed by atoms with Gasteiger partial charge in [-0.05, 0) is 81.5 Å². The highest BCUT2D eigenvalue weighted by molar-refractivity contribution is 5.87. The van der Waals surface area contributed by atoms with Gasteiger partial charge in [-0.15, -0.1) is 0 Å². The van der Waals surface area contributed by atoms with Crippen LogP contribution >= 0.6 is 0 Å². The molecule has 0 bridgehead atoms. The molecular weight excluding hydrogens is 398 g/mol. The quantitative estimate of drug-likeness (QED) is 0.302. The van der Waals surface area contributed by atoms with E-state index in [4.69, 9.17) is 9.72 Å². The summed E-state index contributed by atoms with van der Waals surface area (Å²) in [5, 5.41) is 2.91. The van der Waals surface area contributed by atoms with Crippen LogP contribution in [0.15, 0.2) is 54.6 Å². The van der Waals surface area contributed by atoms with Crippen molar-refractivity contribution in [3.63, 3.8) is 0 Å². The Balaban J connectivity index is 1.51. The lowest BCUT2D eigenvalue weighted by molar-refractivity contribution is -0.116. The third-order valence-electron chi connectivity index (χ3n) is 5.42. The second kappa shape index (κ2) is 12.1. The Morgan fingerprint density at radius 2 is 1.84 bits per heavy atom. The third kappa shape index (κ3) is 6.98. The molecule has 1 amide bonds. The molecule has 0 aliphatic heterocycles. The van der Waals surface area contributed by atoms with E-state index in [2.05, 4.69) is 60.1 Å². The van der Waals surface area contributed by atoms with Gasteiger partial charge in [-0.1, -0.05) is 30.7 Å². The zero-order valence-corrected chi connectivity index (χ0v) is 19.6. The number of aromatic nitrogens is 2. The number of benzene rings is 2. The van der Waals surface area contributed by atoms with Gasteiger partial charge >= 0.3 is 0 Å². The summed E-state index contributed by atoms with van der Waals surface area (Å²) >= 11 is 0. The molecule has 0 aliphatic rings. The first kappa shape index (κ1) is 23.6. The first-order valence-corrected chi connectivity index (χ1v) is 11.6. The average Bonchev–Trinajstić information content (AvgIpc) is 3.10. The molecule has 5 nitrogen and oxygen atoms in total. The number of aryl methyl sites for hydroxylation is 4. The van der Waals surface area contributed by atoms with Crippen LogP contribution in [-0.2, 0) is 17.8 Å². The summed E-state index contributed by atoms with van der Waals surface area (Å²) in [6.07, 6.45) is 8.29. The van der Waals surface area contributed by atoms with Gasteiger partial charge in [-0.3, -0.25) is 4.79 Å². The van der Waals surface area contributed by atoms with Crippen molar-refractivity contribution in [1.82, 2.24) is 14.9 Å². The molecular formula is C27H35N3O2. The molecule has 0 saturated heterocycles. The van der Waals surface area contributed by atoms with Crippen molar-refractivity contribution in [2.24, 2.45) is 0 Å². The van der Waals surface area contributed by atoms with Crippen LogP contribution in [0.3, 0.4) is 0 Å². The minimum atomic E-state index is -0.0164. The molecule has 2 aromatic carbocycles. The summed E-state index contributed by atoms with van der Waals surface area (Å²) in [7, 11) is 0. The van der Waals surface area contributed by atoms with Crippen LogP contribution in [0.4, 0.5) is 0 Å². The van der Waals surface area contributed by atoms with Gasteiger partial charge in [0, 0.05) is 19.5 Å². The minimum absolute atomic E-state index is 0.0164.